The zero-order chi connectivity index (χ0) is 29.0. The van der Waals surface area contributed by atoms with Crippen molar-refractivity contribution in [2.75, 3.05) is 10.8 Å². The van der Waals surface area contributed by atoms with Gasteiger partial charge in [0.1, 0.15) is 12.6 Å². The van der Waals surface area contributed by atoms with Crippen LogP contribution in [0, 0.1) is 6.92 Å². The van der Waals surface area contributed by atoms with Crippen LogP contribution >= 0.6 is 23.2 Å². The Bertz CT molecular complexity index is 1440. The molecule has 0 aliphatic carbocycles. The van der Waals surface area contributed by atoms with E-state index in [1.54, 1.807) is 61.5 Å². The van der Waals surface area contributed by atoms with Crippen LogP contribution in [0.5, 0.6) is 0 Å². The fraction of sp³-hybridized carbons (Fsp3) is 0.310. The molecule has 0 unspecified atom stereocenters. The number of nitrogens with one attached hydrogen (secondary N) is 1. The highest BCUT2D eigenvalue weighted by Gasteiger charge is 2.33. The molecule has 39 heavy (non-hydrogen) atoms. The predicted octanol–water partition coefficient (Wildman–Crippen LogP) is 5.83. The van der Waals surface area contributed by atoms with Crippen LogP contribution in [-0.4, -0.2) is 43.3 Å². The fourth-order valence-electron chi connectivity index (χ4n) is 3.89. The number of carbonyl (C=O) groups is 2. The number of aryl methyl sites for hydroxylation is 1. The molecule has 0 radical (unpaired) electrons. The first-order valence-corrected chi connectivity index (χ1v) is 14.6. The number of benzene rings is 3. The van der Waals surface area contributed by atoms with Crippen LogP contribution in [0.2, 0.25) is 10.0 Å². The van der Waals surface area contributed by atoms with Crippen molar-refractivity contribution in [2.24, 2.45) is 0 Å². The zero-order valence-corrected chi connectivity index (χ0v) is 24.9. The average molecular weight is 591 g/mol. The van der Waals surface area contributed by atoms with E-state index in [0.29, 0.717) is 15.6 Å². The molecular formula is C29H33Cl2N3O4S. The number of nitrogens with zero attached hydrogens (tertiary/aromatic N) is 2. The van der Waals surface area contributed by atoms with Crippen molar-refractivity contribution >= 4 is 50.7 Å². The number of rotatable bonds is 9. The molecule has 1 atom stereocenters. The highest BCUT2D eigenvalue weighted by atomic mass is 35.5. The molecule has 0 spiro atoms. The molecule has 0 fully saturated rings. The van der Waals surface area contributed by atoms with E-state index in [9.17, 15) is 18.0 Å². The van der Waals surface area contributed by atoms with Gasteiger partial charge in [-0.2, -0.15) is 0 Å². The second-order valence-electron chi connectivity index (χ2n) is 10.4. The molecule has 208 valence electrons. The van der Waals surface area contributed by atoms with E-state index < -0.39 is 34.1 Å². The van der Waals surface area contributed by atoms with Gasteiger partial charge in [-0.05, 0) is 82.6 Å². The van der Waals surface area contributed by atoms with Gasteiger partial charge >= 0.3 is 0 Å². The lowest BCUT2D eigenvalue weighted by molar-refractivity contribution is -0.140. The maximum atomic E-state index is 13.9. The minimum absolute atomic E-state index is 0.0285. The van der Waals surface area contributed by atoms with Gasteiger partial charge in [0.2, 0.25) is 11.8 Å². The molecule has 0 saturated heterocycles. The SMILES string of the molecule is Cc1ccc(S(=O)(=O)N(CC(=O)N(Cc2cccc(Cl)c2)[C@H](C)C(=O)NC(C)(C)C)c2cccc(Cl)c2)cc1. The third kappa shape index (κ3) is 8.21. The van der Waals surface area contributed by atoms with Gasteiger partial charge < -0.3 is 10.2 Å². The molecule has 0 aliphatic rings. The molecule has 7 nitrogen and oxygen atoms in total. The summed E-state index contributed by atoms with van der Waals surface area (Å²) in [6.45, 7) is 8.49. The van der Waals surface area contributed by atoms with Crippen LogP contribution in [-0.2, 0) is 26.2 Å². The first-order valence-electron chi connectivity index (χ1n) is 12.4. The number of halogens is 2. The summed E-state index contributed by atoms with van der Waals surface area (Å²) >= 11 is 12.4. The minimum atomic E-state index is -4.17. The average Bonchev–Trinajstić information content (AvgIpc) is 2.84. The Balaban J connectivity index is 2.04. The van der Waals surface area contributed by atoms with Gasteiger partial charge in [-0.25, -0.2) is 8.42 Å². The summed E-state index contributed by atoms with van der Waals surface area (Å²) in [6, 6.07) is 18.7. The lowest BCUT2D eigenvalue weighted by Gasteiger charge is -2.33. The molecule has 3 rings (SSSR count). The molecule has 0 bridgehead atoms. The first-order chi connectivity index (χ1) is 18.2. The van der Waals surface area contributed by atoms with Crippen LogP contribution in [0.3, 0.4) is 0 Å². The third-order valence-corrected chi connectivity index (χ3v) is 8.15. The summed E-state index contributed by atoms with van der Waals surface area (Å²) < 4.78 is 28.7. The van der Waals surface area contributed by atoms with Crippen LogP contribution < -0.4 is 9.62 Å². The lowest BCUT2D eigenvalue weighted by Crippen LogP contribution is -2.54. The van der Waals surface area contributed by atoms with Crippen molar-refractivity contribution < 1.29 is 18.0 Å². The van der Waals surface area contributed by atoms with Gasteiger partial charge in [0.05, 0.1) is 10.6 Å². The Morgan fingerprint density at radius 3 is 2.08 bits per heavy atom. The molecule has 3 aromatic rings. The smallest absolute Gasteiger partial charge is 0.264 e. The van der Waals surface area contributed by atoms with E-state index in [1.807, 2.05) is 27.7 Å². The first kappa shape index (κ1) is 30.5. The topological polar surface area (TPSA) is 86.8 Å². The molecule has 1 N–H and O–H groups in total. The highest BCUT2D eigenvalue weighted by Crippen LogP contribution is 2.27. The van der Waals surface area contributed by atoms with Crippen LogP contribution in [0.25, 0.3) is 0 Å². The number of hydrogen-bond donors (Lipinski definition) is 1. The largest absolute Gasteiger partial charge is 0.350 e. The van der Waals surface area contributed by atoms with E-state index in [0.717, 1.165) is 9.87 Å². The molecule has 3 aromatic carbocycles. The van der Waals surface area contributed by atoms with Gasteiger partial charge in [-0.15, -0.1) is 0 Å². The van der Waals surface area contributed by atoms with Crippen molar-refractivity contribution in [2.45, 2.75) is 57.6 Å². The van der Waals surface area contributed by atoms with Crippen molar-refractivity contribution in [3.8, 4) is 0 Å². The Kier molecular flexibility index (Phi) is 9.69. The Hall–Kier alpha value is -3.07. The van der Waals surface area contributed by atoms with Crippen molar-refractivity contribution in [3.63, 3.8) is 0 Å². The molecule has 0 aliphatic heterocycles. The Morgan fingerprint density at radius 2 is 1.51 bits per heavy atom. The molecule has 0 aromatic heterocycles. The number of amides is 2. The summed E-state index contributed by atoms with van der Waals surface area (Å²) in [6.07, 6.45) is 0. The van der Waals surface area contributed by atoms with E-state index in [2.05, 4.69) is 5.32 Å². The van der Waals surface area contributed by atoms with Crippen molar-refractivity contribution in [3.05, 3.63) is 94.0 Å². The van der Waals surface area contributed by atoms with Gasteiger partial charge in [-0.1, -0.05) is 59.1 Å². The maximum absolute atomic E-state index is 13.9. The number of anilines is 1. The summed E-state index contributed by atoms with van der Waals surface area (Å²) in [5.74, 6) is -0.934. The highest BCUT2D eigenvalue weighted by molar-refractivity contribution is 7.92. The van der Waals surface area contributed by atoms with E-state index in [4.69, 9.17) is 23.2 Å². The number of carbonyl (C=O) groups excluding carboxylic acids is 2. The van der Waals surface area contributed by atoms with E-state index in [1.165, 1.54) is 23.1 Å². The van der Waals surface area contributed by atoms with E-state index in [-0.39, 0.29) is 23.0 Å². The quantitative estimate of drug-likeness (QED) is 0.340. The minimum Gasteiger partial charge on any atom is -0.350 e. The Morgan fingerprint density at radius 1 is 0.923 bits per heavy atom. The standard InChI is InChI=1S/C29H33Cl2N3O4S/c1-20-12-14-26(15-13-20)39(37,38)34(25-11-7-10-24(31)17-25)19-27(35)33(18-22-8-6-9-23(30)16-22)21(2)28(36)32-29(3,4)5/h6-17,21H,18-19H2,1-5H3,(H,32,36)/t21-/m1/s1. The number of hydrogen-bond acceptors (Lipinski definition) is 4. The summed E-state index contributed by atoms with van der Waals surface area (Å²) in [4.78, 5) is 28.4. The maximum Gasteiger partial charge on any atom is 0.264 e. The zero-order valence-electron chi connectivity index (χ0n) is 22.6. The van der Waals surface area contributed by atoms with Gasteiger partial charge in [-0.3, -0.25) is 13.9 Å². The molecule has 2 amide bonds. The van der Waals surface area contributed by atoms with Crippen LogP contribution in [0.15, 0.2) is 77.7 Å². The second kappa shape index (κ2) is 12.4. The van der Waals surface area contributed by atoms with Gasteiger partial charge in [0, 0.05) is 22.1 Å². The van der Waals surface area contributed by atoms with Crippen LogP contribution in [0.1, 0.15) is 38.8 Å². The number of sulfonamides is 1. The molecule has 0 heterocycles. The monoisotopic (exact) mass is 589 g/mol. The Labute approximate surface area is 240 Å². The lowest BCUT2D eigenvalue weighted by atomic mass is 10.1. The predicted molar refractivity (Wildman–Crippen MR) is 157 cm³/mol. The van der Waals surface area contributed by atoms with Gasteiger partial charge in [0.25, 0.3) is 10.0 Å². The van der Waals surface area contributed by atoms with Crippen LogP contribution in [0.4, 0.5) is 5.69 Å². The van der Waals surface area contributed by atoms with E-state index >= 15 is 0 Å². The molecule has 10 heteroatoms. The second-order valence-corrected chi connectivity index (χ2v) is 13.1. The molecular weight excluding hydrogens is 557 g/mol. The van der Waals surface area contributed by atoms with Gasteiger partial charge in [0.15, 0.2) is 0 Å². The summed E-state index contributed by atoms with van der Waals surface area (Å²) in [5.41, 5.74) is 1.29. The summed E-state index contributed by atoms with van der Waals surface area (Å²) in [5, 5.41) is 3.70. The summed E-state index contributed by atoms with van der Waals surface area (Å²) in [7, 11) is -4.17. The van der Waals surface area contributed by atoms with Crippen molar-refractivity contribution in [1.29, 1.82) is 0 Å². The van der Waals surface area contributed by atoms with Crippen molar-refractivity contribution in [1.82, 2.24) is 10.2 Å². The normalized spacial score (nSPS) is 12.5. The fourth-order valence-corrected chi connectivity index (χ4v) is 5.69. The molecule has 0 saturated carbocycles. The third-order valence-electron chi connectivity index (χ3n) is 5.89.